The van der Waals surface area contributed by atoms with Crippen LogP contribution in [0.25, 0.3) is 16.8 Å². The van der Waals surface area contributed by atoms with Crippen molar-refractivity contribution in [1.82, 2.24) is 0 Å². The van der Waals surface area contributed by atoms with E-state index < -0.39 is 5.97 Å². The maximum Gasteiger partial charge on any atom is 0.331 e. The lowest BCUT2D eigenvalue weighted by atomic mass is 10.0. The lowest BCUT2D eigenvalue weighted by Gasteiger charge is -2.09. The fourth-order valence-electron chi connectivity index (χ4n) is 2.80. The molecule has 0 bridgehead atoms. The van der Waals surface area contributed by atoms with Gasteiger partial charge in [-0.05, 0) is 53.5 Å². The molecular formula is C23H21NO3. The van der Waals surface area contributed by atoms with Gasteiger partial charge in [-0.2, -0.15) is 0 Å². The maximum absolute atomic E-state index is 12.0. The normalized spacial score (nSPS) is 10.9. The van der Waals surface area contributed by atoms with Gasteiger partial charge in [-0.3, -0.25) is 4.79 Å². The third-order valence-corrected chi connectivity index (χ3v) is 4.24. The molecule has 4 nitrogen and oxygen atoms in total. The molecule has 0 saturated carbocycles. The highest BCUT2D eigenvalue weighted by atomic mass is 16.5. The number of benzene rings is 3. The van der Waals surface area contributed by atoms with E-state index in [1.807, 2.05) is 74.5 Å². The maximum atomic E-state index is 12.0. The number of carbonyl (C=O) groups excluding carboxylic acids is 2. The second-order valence-electron chi connectivity index (χ2n) is 6.38. The van der Waals surface area contributed by atoms with Crippen LogP contribution in [0, 0.1) is 13.8 Å². The van der Waals surface area contributed by atoms with Crippen molar-refractivity contribution in [3.05, 3.63) is 83.4 Å². The molecule has 0 aliphatic carbocycles. The van der Waals surface area contributed by atoms with E-state index in [-0.39, 0.29) is 12.5 Å². The van der Waals surface area contributed by atoms with Crippen molar-refractivity contribution < 1.29 is 14.3 Å². The number of nitrogens with one attached hydrogen (secondary N) is 1. The number of carbonyl (C=O) groups is 2. The van der Waals surface area contributed by atoms with Gasteiger partial charge < -0.3 is 10.1 Å². The van der Waals surface area contributed by atoms with Gasteiger partial charge in [0.05, 0.1) is 0 Å². The number of anilines is 1. The molecule has 0 atom stereocenters. The van der Waals surface area contributed by atoms with E-state index in [4.69, 9.17) is 4.74 Å². The summed E-state index contributed by atoms with van der Waals surface area (Å²) >= 11 is 0. The Balaban J connectivity index is 1.58. The van der Waals surface area contributed by atoms with E-state index in [9.17, 15) is 9.59 Å². The van der Waals surface area contributed by atoms with E-state index in [0.29, 0.717) is 0 Å². The van der Waals surface area contributed by atoms with Crippen LogP contribution in [0.1, 0.15) is 16.7 Å². The number of hydrogen-bond donors (Lipinski definition) is 1. The molecular weight excluding hydrogens is 338 g/mol. The van der Waals surface area contributed by atoms with E-state index in [0.717, 1.165) is 33.2 Å². The van der Waals surface area contributed by atoms with Crippen LogP contribution in [-0.2, 0) is 14.3 Å². The van der Waals surface area contributed by atoms with Crippen LogP contribution in [0.2, 0.25) is 0 Å². The Labute approximate surface area is 158 Å². The van der Waals surface area contributed by atoms with Gasteiger partial charge >= 0.3 is 5.97 Å². The number of fused-ring (bicyclic) bond motifs is 1. The van der Waals surface area contributed by atoms with Crippen LogP contribution in [0.5, 0.6) is 0 Å². The van der Waals surface area contributed by atoms with Crippen molar-refractivity contribution >= 4 is 34.4 Å². The molecule has 0 spiro atoms. The fraction of sp³-hybridized carbons (Fsp3) is 0.130. The molecule has 0 fully saturated rings. The molecule has 1 amide bonds. The number of hydrogen-bond acceptors (Lipinski definition) is 3. The second-order valence-corrected chi connectivity index (χ2v) is 6.38. The molecule has 27 heavy (non-hydrogen) atoms. The number of ether oxygens (including phenoxy) is 1. The van der Waals surface area contributed by atoms with Gasteiger partial charge in [0.15, 0.2) is 6.61 Å². The average Bonchev–Trinajstić information content (AvgIpc) is 2.67. The molecule has 4 heteroatoms. The monoisotopic (exact) mass is 359 g/mol. The Hall–Kier alpha value is -3.40. The van der Waals surface area contributed by atoms with Crippen LogP contribution in [0.4, 0.5) is 5.69 Å². The Morgan fingerprint density at radius 3 is 2.63 bits per heavy atom. The summed E-state index contributed by atoms with van der Waals surface area (Å²) in [4.78, 5) is 24.0. The van der Waals surface area contributed by atoms with Crippen molar-refractivity contribution in [2.24, 2.45) is 0 Å². The molecule has 0 heterocycles. The molecule has 0 aliphatic rings. The first kappa shape index (κ1) is 18.4. The van der Waals surface area contributed by atoms with Crippen LogP contribution in [0.15, 0.2) is 66.7 Å². The lowest BCUT2D eigenvalue weighted by molar-refractivity contribution is -0.142. The van der Waals surface area contributed by atoms with Gasteiger partial charge in [0.2, 0.25) is 0 Å². The van der Waals surface area contributed by atoms with Crippen molar-refractivity contribution in [2.75, 3.05) is 11.9 Å². The third-order valence-electron chi connectivity index (χ3n) is 4.24. The molecule has 1 N–H and O–H groups in total. The van der Waals surface area contributed by atoms with Gasteiger partial charge in [-0.15, -0.1) is 0 Å². The van der Waals surface area contributed by atoms with Crippen LogP contribution in [0.3, 0.4) is 0 Å². The summed E-state index contributed by atoms with van der Waals surface area (Å²) in [5, 5.41) is 4.91. The molecule has 0 aromatic heterocycles. The van der Waals surface area contributed by atoms with Gasteiger partial charge in [0.25, 0.3) is 5.91 Å². The third kappa shape index (κ3) is 4.82. The zero-order valence-corrected chi connectivity index (χ0v) is 15.4. The van der Waals surface area contributed by atoms with Crippen molar-refractivity contribution in [3.8, 4) is 0 Å². The highest BCUT2D eigenvalue weighted by Crippen LogP contribution is 2.19. The molecule has 0 saturated heterocycles. The Morgan fingerprint density at radius 2 is 1.78 bits per heavy atom. The van der Waals surface area contributed by atoms with Crippen molar-refractivity contribution in [3.63, 3.8) is 0 Å². The minimum absolute atomic E-state index is 0.327. The van der Waals surface area contributed by atoms with Crippen LogP contribution < -0.4 is 5.32 Å². The van der Waals surface area contributed by atoms with Crippen molar-refractivity contribution in [1.29, 1.82) is 0 Å². The first-order valence-corrected chi connectivity index (χ1v) is 8.72. The summed E-state index contributed by atoms with van der Waals surface area (Å²) in [6.07, 6.45) is 3.04. The predicted molar refractivity (Wildman–Crippen MR) is 108 cm³/mol. The minimum Gasteiger partial charge on any atom is -0.452 e. The highest BCUT2D eigenvalue weighted by molar-refractivity contribution is 5.97. The summed E-state index contributed by atoms with van der Waals surface area (Å²) in [6.45, 7) is 3.53. The largest absolute Gasteiger partial charge is 0.452 e. The summed E-state index contributed by atoms with van der Waals surface area (Å²) in [5.41, 5.74) is 3.65. The fourth-order valence-corrected chi connectivity index (χ4v) is 2.80. The van der Waals surface area contributed by atoms with E-state index >= 15 is 0 Å². The van der Waals surface area contributed by atoms with Gasteiger partial charge in [-0.25, -0.2) is 4.79 Å². The summed E-state index contributed by atoms with van der Waals surface area (Å²) in [5.74, 6) is -0.922. The molecule has 136 valence electrons. The molecule has 0 unspecified atom stereocenters. The molecule has 3 rings (SSSR count). The molecule has 0 radical (unpaired) electrons. The Morgan fingerprint density at radius 1 is 1.00 bits per heavy atom. The predicted octanol–water partition coefficient (Wildman–Crippen LogP) is 4.65. The van der Waals surface area contributed by atoms with Gasteiger partial charge in [0.1, 0.15) is 0 Å². The summed E-state index contributed by atoms with van der Waals surface area (Å²) in [7, 11) is 0. The first-order valence-electron chi connectivity index (χ1n) is 8.72. The van der Waals surface area contributed by atoms with E-state index in [2.05, 4.69) is 5.32 Å². The van der Waals surface area contributed by atoms with Crippen LogP contribution >= 0.6 is 0 Å². The van der Waals surface area contributed by atoms with Gasteiger partial charge in [0, 0.05) is 11.8 Å². The molecule has 3 aromatic carbocycles. The second kappa shape index (κ2) is 8.32. The number of amides is 1. The average molecular weight is 359 g/mol. The Bertz CT molecular complexity index is 1020. The Kier molecular flexibility index (Phi) is 5.67. The SMILES string of the molecule is Cc1ccc(C)c(NC(=O)COC(=O)/C=C/c2cccc3ccccc23)c1. The molecule has 0 aliphatic heterocycles. The van der Waals surface area contributed by atoms with E-state index in [1.54, 1.807) is 6.08 Å². The lowest BCUT2D eigenvalue weighted by Crippen LogP contribution is -2.20. The quantitative estimate of drug-likeness (QED) is 0.533. The standard InChI is InChI=1S/C23H21NO3/c1-16-10-11-17(2)21(14-16)24-22(25)15-27-23(26)13-12-19-8-5-7-18-6-3-4-9-20(18)19/h3-14H,15H2,1-2H3,(H,24,25)/b13-12+. The topological polar surface area (TPSA) is 55.4 Å². The zero-order valence-electron chi connectivity index (χ0n) is 15.4. The molecule has 3 aromatic rings. The minimum atomic E-state index is -0.556. The summed E-state index contributed by atoms with van der Waals surface area (Å²) < 4.78 is 5.04. The summed E-state index contributed by atoms with van der Waals surface area (Å²) in [6, 6.07) is 19.6. The smallest absolute Gasteiger partial charge is 0.331 e. The number of esters is 1. The van der Waals surface area contributed by atoms with Crippen molar-refractivity contribution in [2.45, 2.75) is 13.8 Å². The van der Waals surface area contributed by atoms with E-state index in [1.165, 1.54) is 6.08 Å². The van der Waals surface area contributed by atoms with Crippen LogP contribution in [-0.4, -0.2) is 18.5 Å². The number of rotatable bonds is 5. The number of aryl methyl sites for hydroxylation is 2. The zero-order chi connectivity index (χ0) is 19.2. The first-order chi connectivity index (χ1) is 13.0. The highest BCUT2D eigenvalue weighted by Gasteiger charge is 2.08. The van der Waals surface area contributed by atoms with Gasteiger partial charge in [-0.1, -0.05) is 54.6 Å².